The van der Waals surface area contributed by atoms with Gasteiger partial charge in [0.15, 0.2) is 0 Å². The van der Waals surface area contributed by atoms with Crippen LogP contribution in [0, 0.1) is 5.92 Å². The lowest BCUT2D eigenvalue weighted by atomic mass is 9.96. The van der Waals surface area contributed by atoms with Gasteiger partial charge in [-0.05, 0) is 45.7 Å². The van der Waals surface area contributed by atoms with Crippen molar-refractivity contribution in [3.63, 3.8) is 0 Å². The van der Waals surface area contributed by atoms with Crippen LogP contribution in [0.2, 0.25) is 0 Å². The molecule has 100 valence electrons. The number of piperidine rings is 1. The van der Waals surface area contributed by atoms with Crippen LogP contribution >= 0.6 is 0 Å². The van der Waals surface area contributed by atoms with E-state index >= 15 is 0 Å². The fourth-order valence-electron chi connectivity index (χ4n) is 3.16. The molecule has 5 heteroatoms. The third kappa shape index (κ3) is 3.13. The van der Waals surface area contributed by atoms with Gasteiger partial charge in [0.1, 0.15) is 0 Å². The first-order valence-electron chi connectivity index (χ1n) is 6.48. The Balaban J connectivity index is 1.90. The summed E-state index contributed by atoms with van der Waals surface area (Å²) in [6.45, 7) is 1.05. The summed E-state index contributed by atoms with van der Waals surface area (Å²) < 4.78 is 38.1. The van der Waals surface area contributed by atoms with E-state index in [1.165, 1.54) is 0 Å². The summed E-state index contributed by atoms with van der Waals surface area (Å²) in [7, 11) is 1.93. The summed E-state index contributed by atoms with van der Waals surface area (Å²) in [5, 5.41) is 3.23. The van der Waals surface area contributed by atoms with Crippen molar-refractivity contribution in [3.8, 4) is 0 Å². The molecule has 0 aromatic carbocycles. The molecule has 2 fully saturated rings. The fourth-order valence-corrected chi connectivity index (χ4v) is 3.16. The zero-order valence-corrected chi connectivity index (χ0v) is 10.3. The van der Waals surface area contributed by atoms with Crippen LogP contribution in [0.5, 0.6) is 0 Å². The van der Waals surface area contributed by atoms with Crippen molar-refractivity contribution in [2.45, 2.75) is 50.4 Å². The van der Waals surface area contributed by atoms with Crippen LogP contribution in [0.15, 0.2) is 0 Å². The number of likely N-dealkylation sites (tertiary alicyclic amines) is 1. The van der Waals surface area contributed by atoms with E-state index in [0.717, 1.165) is 25.8 Å². The van der Waals surface area contributed by atoms with Gasteiger partial charge in [0, 0.05) is 18.6 Å². The highest BCUT2D eigenvalue weighted by atomic mass is 19.4. The molecular weight excluding hydrogens is 229 g/mol. The third-order valence-electron chi connectivity index (χ3n) is 4.25. The fraction of sp³-hybridized carbons (Fsp3) is 1.00. The zero-order valence-electron chi connectivity index (χ0n) is 10.3. The number of nitrogens with one attached hydrogen (secondary N) is 1. The molecule has 0 spiro atoms. The van der Waals surface area contributed by atoms with Crippen molar-refractivity contribution < 1.29 is 13.2 Å². The van der Waals surface area contributed by atoms with Gasteiger partial charge in [0.05, 0.1) is 5.92 Å². The molecule has 2 nitrogen and oxygen atoms in total. The molecule has 17 heavy (non-hydrogen) atoms. The Hall–Kier alpha value is -0.290. The third-order valence-corrected chi connectivity index (χ3v) is 4.25. The van der Waals surface area contributed by atoms with Crippen molar-refractivity contribution in [1.29, 1.82) is 0 Å². The van der Waals surface area contributed by atoms with E-state index in [4.69, 9.17) is 0 Å². The maximum Gasteiger partial charge on any atom is 0.393 e. The summed E-state index contributed by atoms with van der Waals surface area (Å²) >= 11 is 0. The van der Waals surface area contributed by atoms with Crippen LogP contribution < -0.4 is 5.32 Å². The summed E-state index contributed by atoms with van der Waals surface area (Å²) in [5.74, 6) is -1.11. The van der Waals surface area contributed by atoms with Crippen molar-refractivity contribution in [1.82, 2.24) is 10.2 Å². The van der Waals surface area contributed by atoms with Crippen LogP contribution in [-0.4, -0.2) is 43.3 Å². The van der Waals surface area contributed by atoms with E-state index in [9.17, 15) is 13.2 Å². The number of nitrogens with zero attached hydrogens (tertiary/aromatic N) is 1. The van der Waals surface area contributed by atoms with Gasteiger partial charge in [-0.3, -0.25) is 4.90 Å². The molecule has 3 atom stereocenters. The molecule has 2 aliphatic rings. The van der Waals surface area contributed by atoms with Gasteiger partial charge < -0.3 is 5.32 Å². The van der Waals surface area contributed by atoms with Crippen LogP contribution in [0.1, 0.15) is 32.1 Å². The van der Waals surface area contributed by atoms with Crippen LogP contribution in [-0.2, 0) is 0 Å². The van der Waals surface area contributed by atoms with E-state index in [-0.39, 0.29) is 6.54 Å². The minimum Gasteiger partial charge on any atom is -0.317 e. The van der Waals surface area contributed by atoms with Crippen molar-refractivity contribution in [2.24, 2.45) is 5.92 Å². The molecule has 0 radical (unpaired) electrons. The molecule has 0 aromatic heterocycles. The van der Waals surface area contributed by atoms with Gasteiger partial charge in [-0.2, -0.15) is 13.2 Å². The minimum absolute atomic E-state index is 0.213. The SMILES string of the molecule is CNC1CCC(N2CCCC(C(F)(F)F)C2)C1. The number of rotatable bonds is 2. The second-order valence-corrected chi connectivity index (χ2v) is 5.33. The van der Waals surface area contributed by atoms with Gasteiger partial charge in [0.2, 0.25) is 0 Å². The standard InChI is InChI=1S/C12H21F3N2/c1-16-10-4-5-11(7-10)17-6-2-3-9(8-17)12(13,14)15/h9-11,16H,2-8H2,1H3. The molecule has 0 amide bonds. The molecule has 3 unspecified atom stereocenters. The molecule has 1 saturated carbocycles. The number of alkyl halides is 3. The average molecular weight is 250 g/mol. The lowest BCUT2D eigenvalue weighted by molar-refractivity contribution is -0.188. The Morgan fingerprint density at radius 2 is 1.94 bits per heavy atom. The van der Waals surface area contributed by atoms with Crippen LogP contribution in [0.4, 0.5) is 13.2 Å². The van der Waals surface area contributed by atoms with Crippen molar-refractivity contribution >= 4 is 0 Å². The summed E-state index contributed by atoms with van der Waals surface area (Å²) in [6.07, 6.45) is 0.109. The normalized spacial score (nSPS) is 36.4. The average Bonchev–Trinajstić information content (AvgIpc) is 2.76. The van der Waals surface area contributed by atoms with Gasteiger partial charge in [-0.15, -0.1) is 0 Å². The van der Waals surface area contributed by atoms with E-state index in [2.05, 4.69) is 10.2 Å². The second kappa shape index (κ2) is 5.14. The maximum atomic E-state index is 12.7. The first-order valence-corrected chi connectivity index (χ1v) is 6.48. The maximum absolute atomic E-state index is 12.7. The molecule has 1 aliphatic carbocycles. The first-order chi connectivity index (χ1) is 8.00. The molecule has 0 aromatic rings. The Labute approximate surface area is 101 Å². The monoisotopic (exact) mass is 250 g/mol. The van der Waals surface area contributed by atoms with Gasteiger partial charge in [-0.1, -0.05) is 0 Å². The Morgan fingerprint density at radius 3 is 2.53 bits per heavy atom. The molecule has 1 aliphatic heterocycles. The molecule has 1 saturated heterocycles. The Morgan fingerprint density at radius 1 is 1.18 bits per heavy atom. The van der Waals surface area contributed by atoms with E-state index < -0.39 is 12.1 Å². The van der Waals surface area contributed by atoms with Gasteiger partial charge >= 0.3 is 6.18 Å². The second-order valence-electron chi connectivity index (χ2n) is 5.33. The van der Waals surface area contributed by atoms with Crippen molar-refractivity contribution in [2.75, 3.05) is 20.1 Å². The molecule has 2 rings (SSSR count). The molecule has 1 N–H and O–H groups in total. The lowest BCUT2D eigenvalue weighted by Gasteiger charge is -2.37. The summed E-state index contributed by atoms with van der Waals surface area (Å²) in [4.78, 5) is 2.07. The highest BCUT2D eigenvalue weighted by molar-refractivity contribution is 4.89. The van der Waals surface area contributed by atoms with E-state index in [0.29, 0.717) is 24.9 Å². The van der Waals surface area contributed by atoms with Crippen molar-refractivity contribution in [3.05, 3.63) is 0 Å². The Kier molecular flexibility index (Phi) is 3.98. The lowest BCUT2D eigenvalue weighted by Crippen LogP contribution is -2.46. The smallest absolute Gasteiger partial charge is 0.317 e. The quantitative estimate of drug-likeness (QED) is 0.809. The van der Waals surface area contributed by atoms with Gasteiger partial charge in [0.25, 0.3) is 0 Å². The highest BCUT2D eigenvalue weighted by Gasteiger charge is 2.43. The topological polar surface area (TPSA) is 15.3 Å². The summed E-state index contributed by atoms with van der Waals surface area (Å²) in [6, 6.07) is 0.851. The Bertz CT molecular complexity index is 255. The molecular formula is C12H21F3N2. The number of halogens is 3. The van der Waals surface area contributed by atoms with E-state index in [1.807, 2.05) is 7.05 Å². The van der Waals surface area contributed by atoms with Gasteiger partial charge in [-0.25, -0.2) is 0 Å². The van der Waals surface area contributed by atoms with E-state index in [1.54, 1.807) is 0 Å². The van der Waals surface area contributed by atoms with Crippen LogP contribution in [0.25, 0.3) is 0 Å². The first kappa shape index (κ1) is 13.1. The zero-order chi connectivity index (χ0) is 12.5. The predicted octanol–water partition coefficient (Wildman–Crippen LogP) is 2.40. The number of hydrogen-bond acceptors (Lipinski definition) is 2. The minimum atomic E-state index is -4.01. The predicted molar refractivity (Wildman–Crippen MR) is 60.8 cm³/mol. The highest BCUT2D eigenvalue weighted by Crippen LogP contribution is 2.35. The molecule has 1 heterocycles. The number of hydrogen-bond donors (Lipinski definition) is 1. The van der Waals surface area contributed by atoms with Crippen LogP contribution in [0.3, 0.4) is 0 Å². The largest absolute Gasteiger partial charge is 0.393 e. The summed E-state index contributed by atoms with van der Waals surface area (Å²) in [5.41, 5.74) is 0. The molecule has 0 bridgehead atoms.